The van der Waals surface area contributed by atoms with Crippen LogP contribution in [-0.2, 0) is 11.2 Å². The minimum absolute atomic E-state index is 0.0686. The van der Waals surface area contributed by atoms with Gasteiger partial charge in [0.05, 0.1) is 29.6 Å². The van der Waals surface area contributed by atoms with Crippen LogP contribution in [0.3, 0.4) is 0 Å². The molecule has 1 aliphatic rings. The number of aromatic nitrogens is 2. The highest BCUT2D eigenvalue weighted by molar-refractivity contribution is 5.98. The van der Waals surface area contributed by atoms with E-state index in [1.54, 1.807) is 7.11 Å². The highest BCUT2D eigenvalue weighted by atomic mass is 16.5. The summed E-state index contributed by atoms with van der Waals surface area (Å²) in [4.78, 5) is 17.7. The summed E-state index contributed by atoms with van der Waals surface area (Å²) in [6.07, 6.45) is 3.69. The first kappa shape index (κ1) is 18.5. The van der Waals surface area contributed by atoms with Crippen LogP contribution in [0.15, 0.2) is 36.5 Å². The van der Waals surface area contributed by atoms with Crippen molar-refractivity contribution in [3.05, 3.63) is 64.6 Å². The number of imidazole rings is 1. The van der Waals surface area contributed by atoms with Gasteiger partial charge in [-0.2, -0.15) is 0 Å². The molecule has 4 rings (SSSR count). The van der Waals surface area contributed by atoms with E-state index in [1.807, 2.05) is 30.5 Å². The van der Waals surface area contributed by atoms with Gasteiger partial charge in [-0.15, -0.1) is 0 Å². The van der Waals surface area contributed by atoms with Crippen molar-refractivity contribution < 1.29 is 9.53 Å². The zero-order valence-corrected chi connectivity index (χ0v) is 16.6. The van der Waals surface area contributed by atoms with Crippen LogP contribution in [0, 0.1) is 13.8 Å². The maximum atomic E-state index is 12.9. The molecule has 0 saturated heterocycles. The van der Waals surface area contributed by atoms with E-state index < -0.39 is 0 Å². The van der Waals surface area contributed by atoms with E-state index in [4.69, 9.17) is 9.72 Å². The molecule has 1 amide bonds. The number of hydrogen-bond acceptors (Lipinski definition) is 4. The van der Waals surface area contributed by atoms with E-state index in [1.165, 1.54) is 5.56 Å². The van der Waals surface area contributed by atoms with Crippen LogP contribution < -0.4 is 10.6 Å². The van der Waals surface area contributed by atoms with Crippen molar-refractivity contribution in [2.75, 3.05) is 25.6 Å². The maximum Gasteiger partial charge on any atom is 0.253 e. The first-order chi connectivity index (χ1) is 13.6. The molecule has 2 aromatic heterocycles. The largest absolute Gasteiger partial charge is 0.383 e. The average molecular weight is 378 g/mol. The summed E-state index contributed by atoms with van der Waals surface area (Å²) in [5, 5.41) is 6.63. The molecule has 3 heterocycles. The summed E-state index contributed by atoms with van der Waals surface area (Å²) < 4.78 is 7.08. The highest BCUT2D eigenvalue weighted by Crippen LogP contribution is 2.37. The molecule has 2 N–H and O–H groups in total. The predicted molar refractivity (Wildman–Crippen MR) is 110 cm³/mol. The monoisotopic (exact) mass is 378 g/mol. The first-order valence-electron chi connectivity index (χ1n) is 9.70. The van der Waals surface area contributed by atoms with Gasteiger partial charge >= 0.3 is 0 Å². The molecular formula is C22H26N4O2. The number of nitrogens with one attached hydrogen (secondary N) is 2. The second-order valence-corrected chi connectivity index (χ2v) is 7.27. The Balaban J connectivity index is 1.78. The van der Waals surface area contributed by atoms with Crippen molar-refractivity contribution in [3.8, 4) is 0 Å². The molecular weight excluding hydrogens is 352 g/mol. The van der Waals surface area contributed by atoms with Crippen LogP contribution in [0.1, 0.15) is 45.3 Å². The van der Waals surface area contributed by atoms with Crippen LogP contribution >= 0.6 is 0 Å². The van der Waals surface area contributed by atoms with Gasteiger partial charge in [0.25, 0.3) is 5.91 Å². The standard InChI is InChI=1S/C22H26N4O2/c1-14-15(2)26-13-18(22(27)23-11-12-28-3)17-9-10-19(16-7-5-4-6-8-16)25-20(17)21(26)24-14/h4-8,13,19,25H,9-12H2,1-3H3,(H,23,27)/t19-/m0/s1. The molecule has 0 bridgehead atoms. The Bertz CT molecular complexity index is 1010. The Hall–Kier alpha value is -2.86. The molecule has 146 valence electrons. The van der Waals surface area contributed by atoms with E-state index in [-0.39, 0.29) is 11.9 Å². The zero-order chi connectivity index (χ0) is 19.7. The van der Waals surface area contributed by atoms with Crippen molar-refractivity contribution in [2.24, 2.45) is 0 Å². The van der Waals surface area contributed by atoms with E-state index in [0.717, 1.165) is 41.1 Å². The fourth-order valence-electron chi connectivity index (χ4n) is 3.88. The smallest absolute Gasteiger partial charge is 0.253 e. The van der Waals surface area contributed by atoms with Crippen LogP contribution in [0.4, 0.5) is 5.69 Å². The second kappa shape index (κ2) is 7.64. The van der Waals surface area contributed by atoms with Crippen LogP contribution in [0.5, 0.6) is 0 Å². The van der Waals surface area contributed by atoms with Crippen LogP contribution in [-0.4, -0.2) is 35.6 Å². The quantitative estimate of drug-likeness (QED) is 0.668. The van der Waals surface area contributed by atoms with Crippen molar-refractivity contribution in [1.29, 1.82) is 0 Å². The number of fused-ring (bicyclic) bond motifs is 3. The van der Waals surface area contributed by atoms with Gasteiger partial charge in [0.2, 0.25) is 0 Å². The molecule has 6 heteroatoms. The third-order valence-electron chi connectivity index (χ3n) is 5.54. The number of carbonyl (C=O) groups excluding carboxylic acids is 1. The lowest BCUT2D eigenvalue weighted by molar-refractivity contribution is 0.0935. The zero-order valence-electron chi connectivity index (χ0n) is 16.6. The molecule has 3 aromatic rings. The Kier molecular flexibility index (Phi) is 5.05. The number of rotatable bonds is 5. The molecule has 0 unspecified atom stereocenters. The minimum Gasteiger partial charge on any atom is -0.383 e. The SMILES string of the molecule is COCCNC(=O)c1cn2c(C)c(C)nc2c2c1CC[C@@H](c1ccccc1)N2. The number of hydrogen-bond donors (Lipinski definition) is 2. The summed E-state index contributed by atoms with van der Waals surface area (Å²) in [6.45, 7) is 5.02. The molecule has 0 saturated carbocycles. The number of methoxy groups -OCH3 is 1. The lowest BCUT2D eigenvalue weighted by Gasteiger charge is -2.29. The number of aryl methyl sites for hydroxylation is 2. The molecule has 0 spiro atoms. The number of ether oxygens (including phenoxy) is 1. The second-order valence-electron chi connectivity index (χ2n) is 7.27. The molecule has 0 aliphatic carbocycles. The summed E-state index contributed by atoms with van der Waals surface area (Å²) in [6, 6.07) is 10.6. The Labute approximate surface area is 164 Å². The van der Waals surface area contributed by atoms with Gasteiger partial charge in [0.15, 0.2) is 5.65 Å². The number of benzene rings is 1. The third-order valence-corrected chi connectivity index (χ3v) is 5.54. The van der Waals surface area contributed by atoms with Crippen molar-refractivity contribution in [1.82, 2.24) is 14.7 Å². The lowest BCUT2D eigenvalue weighted by Crippen LogP contribution is -2.30. The number of pyridine rings is 1. The molecule has 0 radical (unpaired) electrons. The van der Waals surface area contributed by atoms with E-state index >= 15 is 0 Å². The molecule has 28 heavy (non-hydrogen) atoms. The van der Waals surface area contributed by atoms with Gasteiger partial charge in [-0.1, -0.05) is 30.3 Å². The number of anilines is 1. The third kappa shape index (κ3) is 3.24. The van der Waals surface area contributed by atoms with Crippen molar-refractivity contribution >= 4 is 17.2 Å². The summed E-state index contributed by atoms with van der Waals surface area (Å²) in [5.74, 6) is -0.0686. The van der Waals surface area contributed by atoms with E-state index in [9.17, 15) is 4.79 Å². The number of carbonyl (C=O) groups is 1. The van der Waals surface area contributed by atoms with Gasteiger partial charge in [-0.05, 0) is 37.8 Å². The normalized spacial score (nSPS) is 15.9. The van der Waals surface area contributed by atoms with Gasteiger partial charge in [-0.3, -0.25) is 4.79 Å². The predicted octanol–water partition coefficient (Wildman–Crippen LogP) is 3.43. The summed E-state index contributed by atoms with van der Waals surface area (Å²) in [5.41, 5.74) is 6.88. The maximum absolute atomic E-state index is 12.9. The van der Waals surface area contributed by atoms with E-state index in [2.05, 4.69) is 34.9 Å². The molecule has 0 fully saturated rings. The minimum atomic E-state index is -0.0686. The fourth-order valence-corrected chi connectivity index (χ4v) is 3.88. The van der Waals surface area contributed by atoms with E-state index in [0.29, 0.717) is 18.7 Å². The Morgan fingerprint density at radius 1 is 1.32 bits per heavy atom. The summed E-state index contributed by atoms with van der Waals surface area (Å²) >= 11 is 0. The summed E-state index contributed by atoms with van der Waals surface area (Å²) in [7, 11) is 1.63. The fraction of sp³-hybridized carbons (Fsp3) is 0.364. The molecule has 1 aromatic carbocycles. The van der Waals surface area contributed by atoms with Gasteiger partial charge < -0.3 is 19.8 Å². The van der Waals surface area contributed by atoms with Gasteiger partial charge in [-0.25, -0.2) is 4.98 Å². The molecule has 1 aliphatic heterocycles. The first-order valence-corrected chi connectivity index (χ1v) is 9.70. The molecule has 6 nitrogen and oxygen atoms in total. The van der Waals surface area contributed by atoms with Crippen molar-refractivity contribution in [2.45, 2.75) is 32.7 Å². The topological polar surface area (TPSA) is 67.7 Å². The molecule has 1 atom stereocenters. The average Bonchev–Trinajstić information content (AvgIpc) is 3.02. The number of nitrogens with zero attached hydrogens (tertiary/aromatic N) is 2. The van der Waals surface area contributed by atoms with Gasteiger partial charge in [0, 0.05) is 25.5 Å². The highest BCUT2D eigenvalue weighted by Gasteiger charge is 2.27. The Morgan fingerprint density at radius 2 is 2.11 bits per heavy atom. The number of amides is 1. The lowest BCUT2D eigenvalue weighted by atomic mass is 9.91. The van der Waals surface area contributed by atoms with Crippen molar-refractivity contribution in [3.63, 3.8) is 0 Å². The van der Waals surface area contributed by atoms with Gasteiger partial charge in [0.1, 0.15) is 0 Å². The Morgan fingerprint density at radius 3 is 2.86 bits per heavy atom. The van der Waals surface area contributed by atoms with Crippen LogP contribution in [0.2, 0.25) is 0 Å². The van der Waals surface area contributed by atoms with Crippen LogP contribution in [0.25, 0.3) is 5.65 Å².